The summed E-state index contributed by atoms with van der Waals surface area (Å²) >= 11 is 21.3. The molecule has 0 aromatic heterocycles. The first-order valence-electron chi connectivity index (χ1n) is 10.6. The van der Waals surface area contributed by atoms with Gasteiger partial charge in [-0.1, -0.05) is 50.7 Å². The Morgan fingerprint density at radius 2 is 1.56 bits per heavy atom. The number of nitrogens with one attached hydrogen (secondary N) is 2. The Bertz CT molecular complexity index is 1250. The minimum Gasteiger partial charge on any atom is -0.456 e. The first kappa shape index (κ1) is 27.8. The molecule has 0 unspecified atom stereocenters. The number of esters is 1. The van der Waals surface area contributed by atoms with Crippen molar-refractivity contribution in [3.8, 4) is 11.5 Å². The number of hydrogen-bond acceptors (Lipinski definition) is 5. The van der Waals surface area contributed by atoms with E-state index in [1.165, 1.54) is 0 Å². The number of hydrogen-bond donors (Lipinski definition) is 2. The minimum atomic E-state index is -0.581. The van der Waals surface area contributed by atoms with Crippen LogP contribution in [0.5, 0.6) is 11.5 Å². The Morgan fingerprint density at radius 3 is 2.25 bits per heavy atom. The van der Waals surface area contributed by atoms with Crippen molar-refractivity contribution < 1.29 is 23.9 Å². The largest absolute Gasteiger partial charge is 0.456 e. The van der Waals surface area contributed by atoms with E-state index in [2.05, 4.69) is 26.6 Å². The molecule has 0 bridgehead atoms. The van der Waals surface area contributed by atoms with Crippen LogP contribution in [0.2, 0.25) is 15.1 Å². The predicted molar refractivity (Wildman–Crippen MR) is 144 cm³/mol. The standard InChI is InChI=1S/C25H20BrCl3N2O5/c26-15-4-10-21(19(28)12-15)31-24(33)14-35-25(34)3-1-2-23(32)30-17-6-8-18(9-7-17)36-22-11-5-16(27)13-20(22)29/h4-13H,1-3,14H2,(H,30,32)(H,31,33). The van der Waals surface area contributed by atoms with Crippen molar-refractivity contribution in [2.75, 3.05) is 17.2 Å². The maximum atomic E-state index is 12.2. The lowest BCUT2D eigenvalue weighted by Crippen LogP contribution is -2.21. The molecule has 0 aliphatic heterocycles. The molecule has 3 aromatic rings. The number of halogens is 4. The molecular weight excluding hydrogens is 595 g/mol. The first-order chi connectivity index (χ1) is 17.2. The summed E-state index contributed by atoms with van der Waals surface area (Å²) in [5.41, 5.74) is 0.978. The maximum Gasteiger partial charge on any atom is 0.306 e. The van der Waals surface area contributed by atoms with E-state index < -0.39 is 18.5 Å². The summed E-state index contributed by atoms with van der Waals surface area (Å²) in [6, 6.07) is 16.6. The van der Waals surface area contributed by atoms with E-state index in [1.54, 1.807) is 60.7 Å². The lowest BCUT2D eigenvalue weighted by molar-refractivity contribution is -0.147. The SMILES string of the molecule is O=C(CCCC(=O)OCC(=O)Nc1ccc(Br)cc1Cl)Nc1ccc(Oc2ccc(Cl)cc2Cl)cc1. The highest BCUT2D eigenvalue weighted by molar-refractivity contribution is 9.10. The van der Waals surface area contributed by atoms with Crippen molar-refractivity contribution in [1.82, 2.24) is 0 Å². The lowest BCUT2D eigenvalue weighted by Gasteiger charge is -2.10. The molecule has 2 amide bonds. The van der Waals surface area contributed by atoms with E-state index in [0.717, 1.165) is 4.47 Å². The van der Waals surface area contributed by atoms with Gasteiger partial charge in [-0.25, -0.2) is 0 Å². The fraction of sp³-hybridized carbons (Fsp3) is 0.160. The molecule has 0 fully saturated rings. The third-order valence-electron chi connectivity index (χ3n) is 4.61. The summed E-state index contributed by atoms with van der Waals surface area (Å²) < 4.78 is 11.4. The number of carbonyl (C=O) groups excluding carboxylic acids is 3. The first-order valence-corrected chi connectivity index (χ1v) is 12.6. The van der Waals surface area contributed by atoms with Gasteiger partial charge in [0.15, 0.2) is 6.61 Å². The molecule has 0 saturated heterocycles. The Balaban J connectivity index is 1.35. The van der Waals surface area contributed by atoms with Crippen molar-refractivity contribution >= 4 is 79.9 Å². The van der Waals surface area contributed by atoms with Gasteiger partial charge in [0.25, 0.3) is 5.91 Å². The van der Waals surface area contributed by atoms with Crippen molar-refractivity contribution in [3.63, 3.8) is 0 Å². The molecule has 0 spiro atoms. The van der Waals surface area contributed by atoms with Gasteiger partial charge in [-0.3, -0.25) is 14.4 Å². The minimum absolute atomic E-state index is 0.00559. The second-order valence-corrected chi connectivity index (χ2v) is 9.60. The van der Waals surface area contributed by atoms with Gasteiger partial charge in [-0.05, 0) is 67.1 Å². The molecule has 0 atom stereocenters. The van der Waals surface area contributed by atoms with Gasteiger partial charge in [0.1, 0.15) is 11.5 Å². The average molecular weight is 615 g/mol. The monoisotopic (exact) mass is 612 g/mol. The van der Waals surface area contributed by atoms with Gasteiger partial charge in [-0.2, -0.15) is 0 Å². The summed E-state index contributed by atoms with van der Waals surface area (Å²) in [5, 5.41) is 6.54. The van der Waals surface area contributed by atoms with Gasteiger partial charge in [-0.15, -0.1) is 0 Å². The van der Waals surface area contributed by atoms with E-state index >= 15 is 0 Å². The molecular formula is C25H20BrCl3N2O5. The van der Waals surface area contributed by atoms with Crippen molar-refractivity contribution in [1.29, 1.82) is 0 Å². The Morgan fingerprint density at radius 1 is 0.806 bits per heavy atom. The normalized spacial score (nSPS) is 10.4. The molecule has 0 saturated carbocycles. The van der Waals surface area contributed by atoms with Gasteiger partial charge in [0, 0.05) is 28.0 Å². The smallest absolute Gasteiger partial charge is 0.306 e. The van der Waals surface area contributed by atoms with Crippen LogP contribution in [-0.4, -0.2) is 24.4 Å². The number of rotatable bonds is 10. The van der Waals surface area contributed by atoms with Gasteiger partial charge >= 0.3 is 5.97 Å². The number of ether oxygens (including phenoxy) is 2. The van der Waals surface area contributed by atoms with E-state index in [4.69, 9.17) is 44.3 Å². The topological polar surface area (TPSA) is 93.7 Å². The molecule has 11 heteroatoms. The zero-order valence-electron chi connectivity index (χ0n) is 18.7. The summed E-state index contributed by atoms with van der Waals surface area (Å²) in [5.74, 6) is -0.371. The lowest BCUT2D eigenvalue weighted by atomic mass is 10.2. The average Bonchev–Trinajstić information content (AvgIpc) is 2.82. The molecule has 188 valence electrons. The number of anilines is 2. The molecule has 0 radical (unpaired) electrons. The van der Waals surface area contributed by atoms with E-state index in [1.807, 2.05) is 0 Å². The van der Waals surface area contributed by atoms with Gasteiger partial charge in [0.05, 0.1) is 15.7 Å². The Labute approximate surface area is 231 Å². The van der Waals surface area contributed by atoms with Crippen LogP contribution in [0.3, 0.4) is 0 Å². The van der Waals surface area contributed by atoms with Gasteiger partial charge < -0.3 is 20.1 Å². The molecule has 0 heterocycles. The highest BCUT2D eigenvalue weighted by Crippen LogP contribution is 2.32. The predicted octanol–water partition coefficient (Wildman–Crippen LogP) is 7.49. The summed E-state index contributed by atoms with van der Waals surface area (Å²) in [4.78, 5) is 36.0. The quantitative estimate of drug-likeness (QED) is 0.231. The van der Waals surface area contributed by atoms with Gasteiger partial charge in [0.2, 0.25) is 5.91 Å². The third kappa shape index (κ3) is 9.02. The van der Waals surface area contributed by atoms with Crippen LogP contribution >= 0.6 is 50.7 Å². The summed E-state index contributed by atoms with van der Waals surface area (Å²) in [7, 11) is 0. The zero-order valence-corrected chi connectivity index (χ0v) is 22.5. The molecule has 3 aromatic carbocycles. The van der Waals surface area contributed by atoms with Crippen LogP contribution in [0.1, 0.15) is 19.3 Å². The second kappa shape index (κ2) is 13.5. The number of benzene rings is 3. The second-order valence-electron chi connectivity index (χ2n) is 7.44. The number of amides is 2. The van der Waals surface area contributed by atoms with Crippen molar-refractivity contribution in [2.24, 2.45) is 0 Å². The Kier molecular flexibility index (Phi) is 10.4. The molecule has 2 N–H and O–H groups in total. The molecule has 7 nitrogen and oxygen atoms in total. The third-order valence-corrected chi connectivity index (χ3v) is 5.95. The van der Waals surface area contributed by atoms with Crippen molar-refractivity contribution in [3.05, 3.63) is 80.2 Å². The molecule has 0 aliphatic rings. The fourth-order valence-corrected chi connectivity index (χ4v) is 4.07. The summed E-state index contributed by atoms with van der Waals surface area (Å²) in [6.45, 7) is -0.451. The number of carbonyl (C=O) groups is 3. The zero-order chi connectivity index (χ0) is 26.1. The molecule has 0 aliphatic carbocycles. The van der Waals surface area contributed by atoms with E-state index in [9.17, 15) is 14.4 Å². The molecule has 3 rings (SSSR count). The highest BCUT2D eigenvalue weighted by Gasteiger charge is 2.11. The van der Waals surface area contributed by atoms with Crippen LogP contribution in [0.25, 0.3) is 0 Å². The van der Waals surface area contributed by atoms with Crippen molar-refractivity contribution in [2.45, 2.75) is 19.3 Å². The van der Waals surface area contributed by atoms with E-state index in [0.29, 0.717) is 37.9 Å². The highest BCUT2D eigenvalue weighted by atomic mass is 79.9. The fourth-order valence-electron chi connectivity index (χ4n) is 2.90. The maximum absolute atomic E-state index is 12.2. The molecule has 36 heavy (non-hydrogen) atoms. The van der Waals surface area contributed by atoms with E-state index in [-0.39, 0.29) is 25.2 Å². The van der Waals surface area contributed by atoms with Crippen LogP contribution in [0.4, 0.5) is 11.4 Å². The van der Waals surface area contributed by atoms with Crippen LogP contribution in [-0.2, 0) is 19.1 Å². The van der Waals surface area contributed by atoms with Crippen LogP contribution in [0.15, 0.2) is 65.1 Å². The van der Waals surface area contributed by atoms with Crippen LogP contribution in [0, 0.1) is 0 Å². The summed E-state index contributed by atoms with van der Waals surface area (Å²) in [6.07, 6.45) is 0.365. The Hall–Kier alpha value is -2.78. The van der Waals surface area contributed by atoms with Crippen LogP contribution < -0.4 is 15.4 Å².